The average molecular weight is 389 g/mol. The van der Waals surface area contributed by atoms with E-state index in [1.807, 2.05) is 13.0 Å². The molecule has 3 rings (SSSR count). The second-order valence-corrected chi connectivity index (χ2v) is 9.50. The molecule has 136 valence electrons. The van der Waals surface area contributed by atoms with E-state index in [0.717, 1.165) is 15.8 Å². The minimum atomic E-state index is -3.22. The van der Waals surface area contributed by atoms with Crippen LogP contribution >= 0.6 is 11.3 Å². The average Bonchev–Trinajstić information content (AvgIpc) is 2.96. The Morgan fingerprint density at radius 2 is 1.77 bits per heavy atom. The lowest BCUT2D eigenvalue weighted by Crippen LogP contribution is -2.14. The highest BCUT2D eigenvalue weighted by Crippen LogP contribution is 2.28. The largest absolute Gasteiger partial charge is 0.302 e. The maximum absolute atomic E-state index is 12.3. The van der Waals surface area contributed by atoms with E-state index >= 15 is 0 Å². The number of amides is 1. The number of rotatable bonds is 5. The quantitative estimate of drug-likeness (QED) is 0.719. The summed E-state index contributed by atoms with van der Waals surface area (Å²) in [5.41, 5.74) is 4.00. The number of anilines is 1. The molecule has 0 saturated heterocycles. The van der Waals surface area contributed by atoms with E-state index in [4.69, 9.17) is 0 Å². The fourth-order valence-electron chi connectivity index (χ4n) is 2.56. The number of nitrogens with zero attached hydrogens (tertiary/aromatic N) is 1. The number of nitrogens with one attached hydrogen (secondary N) is 1. The minimum Gasteiger partial charge on any atom is -0.302 e. The topological polar surface area (TPSA) is 76.1 Å². The van der Waals surface area contributed by atoms with Crippen molar-refractivity contribution in [2.24, 2.45) is 0 Å². The van der Waals surface area contributed by atoms with E-state index in [0.29, 0.717) is 5.13 Å². The number of sulfone groups is 1. The van der Waals surface area contributed by atoms with E-state index in [-0.39, 0.29) is 23.0 Å². The third kappa shape index (κ3) is 3.94. The predicted molar refractivity (Wildman–Crippen MR) is 106 cm³/mol. The molecule has 0 saturated carbocycles. The third-order valence-electron chi connectivity index (χ3n) is 4.28. The maximum atomic E-state index is 12.3. The summed E-state index contributed by atoms with van der Waals surface area (Å²) in [4.78, 5) is 17.0. The van der Waals surface area contributed by atoms with Crippen molar-refractivity contribution in [1.29, 1.82) is 0 Å². The Morgan fingerprint density at radius 3 is 2.42 bits per heavy atom. The van der Waals surface area contributed by atoms with Crippen molar-refractivity contribution in [3.05, 3.63) is 53.1 Å². The van der Waals surface area contributed by atoms with Crippen molar-refractivity contribution < 1.29 is 13.2 Å². The minimum absolute atomic E-state index is 0.0589. The molecular formula is C19H20N2O3S2. The van der Waals surface area contributed by atoms with Gasteiger partial charge in [0.15, 0.2) is 15.0 Å². The molecule has 0 aliphatic heterocycles. The first-order valence-corrected chi connectivity index (χ1v) is 10.7. The summed E-state index contributed by atoms with van der Waals surface area (Å²) in [7, 11) is -3.22. The Labute approximate surface area is 157 Å². The number of hydrogen-bond donors (Lipinski definition) is 1. The number of benzene rings is 2. The van der Waals surface area contributed by atoms with Crippen LogP contribution in [0.5, 0.6) is 0 Å². The molecule has 1 N–H and O–H groups in total. The van der Waals surface area contributed by atoms with Crippen LogP contribution in [0.4, 0.5) is 5.13 Å². The Hall–Kier alpha value is -2.25. The first-order chi connectivity index (χ1) is 12.3. The van der Waals surface area contributed by atoms with E-state index in [2.05, 4.69) is 23.3 Å². The molecular weight excluding hydrogens is 368 g/mol. The lowest BCUT2D eigenvalue weighted by Gasteiger charge is -2.04. The standard InChI is InChI=1S/C19H20N2O3S2/c1-4-26(23,24)15-7-5-14(6-8-15)11-18(22)21-19-20-16-9-12(2)13(3)10-17(16)25-19/h5-10H,4,11H2,1-3H3,(H,20,21,22). The molecule has 1 heterocycles. The van der Waals surface area contributed by atoms with Gasteiger partial charge in [-0.2, -0.15) is 0 Å². The van der Waals surface area contributed by atoms with Gasteiger partial charge in [0.1, 0.15) is 0 Å². The van der Waals surface area contributed by atoms with Crippen LogP contribution in [-0.2, 0) is 21.1 Å². The van der Waals surface area contributed by atoms with Crippen molar-refractivity contribution in [3.63, 3.8) is 0 Å². The molecule has 0 unspecified atom stereocenters. The number of aromatic nitrogens is 1. The highest BCUT2D eigenvalue weighted by atomic mass is 32.2. The Bertz CT molecular complexity index is 1030. The molecule has 0 atom stereocenters. The molecule has 0 aliphatic rings. The van der Waals surface area contributed by atoms with E-state index in [9.17, 15) is 13.2 Å². The zero-order chi connectivity index (χ0) is 18.9. The second-order valence-electron chi connectivity index (χ2n) is 6.20. The molecule has 26 heavy (non-hydrogen) atoms. The molecule has 5 nitrogen and oxygen atoms in total. The molecule has 0 radical (unpaired) electrons. The zero-order valence-corrected chi connectivity index (χ0v) is 16.5. The van der Waals surface area contributed by atoms with Crippen molar-refractivity contribution in [3.8, 4) is 0 Å². The molecule has 0 spiro atoms. The highest BCUT2D eigenvalue weighted by molar-refractivity contribution is 7.91. The Balaban J connectivity index is 1.71. The van der Waals surface area contributed by atoms with Crippen LogP contribution in [-0.4, -0.2) is 25.1 Å². The van der Waals surface area contributed by atoms with Crippen LogP contribution in [0.25, 0.3) is 10.2 Å². The number of carbonyl (C=O) groups is 1. The Kier molecular flexibility index (Phi) is 5.11. The first kappa shape index (κ1) is 18.5. The van der Waals surface area contributed by atoms with Gasteiger partial charge in [-0.15, -0.1) is 0 Å². The van der Waals surface area contributed by atoms with Crippen LogP contribution in [0.15, 0.2) is 41.3 Å². The normalized spacial score (nSPS) is 11.7. The van der Waals surface area contributed by atoms with Crippen LogP contribution in [0.2, 0.25) is 0 Å². The van der Waals surface area contributed by atoms with Gasteiger partial charge >= 0.3 is 0 Å². The van der Waals surface area contributed by atoms with Crippen molar-refractivity contribution in [2.75, 3.05) is 11.1 Å². The number of fused-ring (bicyclic) bond motifs is 1. The Morgan fingerprint density at radius 1 is 1.12 bits per heavy atom. The lowest BCUT2D eigenvalue weighted by molar-refractivity contribution is -0.115. The summed E-state index contributed by atoms with van der Waals surface area (Å²) < 4.78 is 24.7. The van der Waals surface area contributed by atoms with Crippen molar-refractivity contribution in [2.45, 2.75) is 32.1 Å². The summed E-state index contributed by atoms with van der Waals surface area (Å²) >= 11 is 1.45. The van der Waals surface area contributed by atoms with E-state index in [1.54, 1.807) is 31.2 Å². The molecule has 2 aromatic carbocycles. The molecule has 0 aliphatic carbocycles. The predicted octanol–water partition coefficient (Wildman–Crippen LogP) is 3.89. The first-order valence-electron chi connectivity index (χ1n) is 8.28. The van der Waals surface area contributed by atoms with Gasteiger partial charge in [-0.25, -0.2) is 13.4 Å². The highest BCUT2D eigenvalue weighted by Gasteiger charge is 2.13. The molecule has 3 aromatic rings. The summed E-state index contributed by atoms with van der Waals surface area (Å²) in [6, 6.07) is 10.5. The van der Waals surface area contributed by atoms with Gasteiger partial charge in [-0.1, -0.05) is 30.4 Å². The monoisotopic (exact) mass is 388 g/mol. The molecule has 0 fully saturated rings. The van der Waals surface area contributed by atoms with Crippen LogP contribution < -0.4 is 5.32 Å². The van der Waals surface area contributed by atoms with Gasteiger partial charge in [-0.3, -0.25) is 4.79 Å². The smallest absolute Gasteiger partial charge is 0.230 e. The summed E-state index contributed by atoms with van der Waals surface area (Å²) in [6.45, 7) is 5.70. The van der Waals surface area contributed by atoms with Crippen LogP contribution in [0.3, 0.4) is 0 Å². The van der Waals surface area contributed by atoms with Crippen LogP contribution in [0, 0.1) is 13.8 Å². The number of carbonyl (C=O) groups excluding carboxylic acids is 1. The van der Waals surface area contributed by atoms with Crippen molar-refractivity contribution >= 4 is 42.4 Å². The van der Waals surface area contributed by atoms with Crippen LogP contribution in [0.1, 0.15) is 23.6 Å². The third-order valence-corrected chi connectivity index (χ3v) is 6.96. The second kappa shape index (κ2) is 7.17. The summed E-state index contributed by atoms with van der Waals surface area (Å²) in [5.74, 6) is -0.118. The number of hydrogen-bond acceptors (Lipinski definition) is 5. The maximum Gasteiger partial charge on any atom is 0.230 e. The fraction of sp³-hybridized carbons (Fsp3) is 0.263. The summed E-state index contributed by atoms with van der Waals surface area (Å²) in [5, 5.41) is 3.39. The van der Waals surface area contributed by atoms with Gasteiger partial charge in [0.2, 0.25) is 5.91 Å². The zero-order valence-electron chi connectivity index (χ0n) is 14.9. The van der Waals surface area contributed by atoms with Crippen molar-refractivity contribution in [1.82, 2.24) is 4.98 Å². The van der Waals surface area contributed by atoms with Gasteiger partial charge < -0.3 is 5.32 Å². The van der Waals surface area contributed by atoms with Gasteiger partial charge in [0, 0.05) is 0 Å². The van der Waals surface area contributed by atoms with Gasteiger partial charge in [-0.05, 0) is 54.8 Å². The van der Waals surface area contributed by atoms with Gasteiger partial charge in [0.25, 0.3) is 0 Å². The molecule has 1 aromatic heterocycles. The van der Waals surface area contributed by atoms with E-state index in [1.165, 1.54) is 22.5 Å². The van der Waals surface area contributed by atoms with Gasteiger partial charge in [0.05, 0.1) is 27.3 Å². The SMILES string of the molecule is CCS(=O)(=O)c1ccc(CC(=O)Nc2nc3cc(C)c(C)cc3s2)cc1. The molecule has 0 bridgehead atoms. The lowest BCUT2D eigenvalue weighted by atomic mass is 10.1. The summed E-state index contributed by atoms with van der Waals surface area (Å²) in [6.07, 6.45) is 0.167. The molecule has 7 heteroatoms. The number of thiazole rings is 1. The number of aryl methyl sites for hydroxylation is 2. The fourth-order valence-corrected chi connectivity index (χ4v) is 4.41. The molecule has 1 amide bonds. The van der Waals surface area contributed by atoms with E-state index < -0.39 is 9.84 Å².